The van der Waals surface area contributed by atoms with Crippen molar-refractivity contribution in [2.45, 2.75) is 23.9 Å². The van der Waals surface area contributed by atoms with Gasteiger partial charge in [-0.25, -0.2) is 4.79 Å². The summed E-state index contributed by atoms with van der Waals surface area (Å²) in [7, 11) is 1.74. The zero-order valence-corrected chi connectivity index (χ0v) is 24.3. The van der Waals surface area contributed by atoms with Gasteiger partial charge in [-0.1, -0.05) is 78.1 Å². The molecule has 12 heteroatoms. The van der Waals surface area contributed by atoms with E-state index in [1.165, 1.54) is 39.3 Å². The second kappa shape index (κ2) is 11.9. The standard InChI is InChI=1S/C29H25N5O4S3/c1-30-29-33-32-25(41-29)20-16-40-27-22(31-21(35)15-19-13-8-14-39-19)26(36)34(27)23(20)28(37)38-24(17-9-4-2-5-10-17)18-11-6-3-7-12-18/h2-14,22,24,27H,15-16H2,1H3,(H,30,33)(H,31,35). The Balaban J connectivity index is 1.32. The largest absolute Gasteiger partial charge is 0.448 e. The van der Waals surface area contributed by atoms with Gasteiger partial charge in [0, 0.05) is 23.3 Å². The van der Waals surface area contributed by atoms with Gasteiger partial charge >= 0.3 is 5.97 Å². The minimum atomic E-state index is -0.738. The number of anilines is 1. The van der Waals surface area contributed by atoms with Crippen molar-refractivity contribution in [2.75, 3.05) is 18.1 Å². The molecule has 4 heterocycles. The van der Waals surface area contributed by atoms with E-state index in [4.69, 9.17) is 4.74 Å². The van der Waals surface area contributed by atoms with Crippen LogP contribution < -0.4 is 10.6 Å². The SMILES string of the molecule is CNc1nnc(C2=C(C(=O)OC(c3ccccc3)c3ccccc3)N3C(=O)C(NC(=O)Cc4cccs4)C3SC2)s1. The third-order valence-electron chi connectivity index (χ3n) is 6.72. The van der Waals surface area contributed by atoms with Gasteiger partial charge < -0.3 is 15.4 Å². The van der Waals surface area contributed by atoms with Crippen molar-refractivity contribution >= 4 is 62.9 Å². The minimum Gasteiger partial charge on any atom is -0.448 e. The van der Waals surface area contributed by atoms with Crippen molar-refractivity contribution in [1.29, 1.82) is 0 Å². The third-order valence-corrected chi connectivity index (χ3v) is 9.88. The van der Waals surface area contributed by atoms with Crippen LogP contribution in [0.5, 0.6) is 0 Å². The van der Waals surface area contributed by atoms with Crippen LogP contribution in [0.25, 0.3) is 5.57 Å². The summed E-state index contributed by atoms with van der Waals surface area (Å²) in [4.78, 5) is 42.7. The molecule has 2 aliphatic heterocycles. The van der Waals surface area contributed by atoms with E-state index in [0.717, 1.165) is 16.0 Å². The average Bonchev–Trinajstić information content (AvgIpc) is 3.71. The molecule has 0 radical (unpaired) electrons. The van der Waals surface area contributed by atoms with Crippen molar-refractivity contribution in [3.05, 3.63) is 105 Å². The topological polar surface area (TPSA) is 114 Å². The molecule has 208 valence electrons. The van der Waals surface area contributed by atoms with Crippen LogP contribution in [0, 0.1) is 0 Å². The Kier molecular flexibility index (Phi) is 7.86. The van der Waals surface area contributed by atoms with Crippen molar-refractivity contribution in [3.63, 3.8) is 0 Å². The van der Waals surface area contributed by atoms with E-state index in [9.17, 15) is 14.4 Å². The van der Waals surface area contributed by atoms with E-state index in [1.807, 2.05) is 78.2 Å². The van der Waals surface area contributed by atoms with Crippen molar-refractivity contribution in [2.24, 2.45) is 0 Å². The van der Waals surface area contributed by atoms with Crippen LogP contribution in [0.1, 0.15) is 27.1 Å². The fourth-order valence-corrected chi connectivity index (χ4v) is 7.64. The van der Waals surface area contributed by atoms with Crippen LogP contribution in [-0.2, 0) is 25.5 Å². The first kappa shape index (κ1) is 27.2. The molecular weight excluding hydrogens is 579 g/mol. The first-order valence-electron chi connectivity index (χ1n) is 12.9. The van der Waals surface area contributed by atoms with E-state index in [-0.39, 0.29) is 23.9 Å². The van der Waals surface area contributed by atoms with Gasteiger partial charge in [0.15, 0.2) is 6.10 Å². The second-order valence-electron chi connectivity index (χ2n) is 9.31. The van der Waals surface area contributed by atoms with Gasteiger partial charge in [0.2, 0.25) is 11.0 Å². The molecular formula is C29H25N5O4S3. The van der Waals surface area contributed by atoms with E-state index in [2.05, 4.69) is 20.8 Å². The normalized spacial score (nSPS) is 18.1. The van der Waals surface area contributed by atoms with Crippen molar-refractivity contribution in [3.8, 4) is 0 Å². The Labute approximate surface area is 248 Å². The van der Waals surface area contributed by atoms with Gasteiger partial charge in [-0.3, -0.25) is 14.5 Å². The number of carbonyl (C=O) groups excluding carboxylic acids is 3. The number of carbonyl (C=O) groups is 3. The van der Waals surface area contributed by atoms with Gasteiger partial charge in [-0.2, -0.15) is 0 Å². The number of thioether (sulfide) groups is 1. The Hall–Kier alpha value is -4.00. The number of fused-ring (bicyclic) bond motifs is 1. The summed E-state index contributed by atoms with van der Waals surface area (Å²) < 4.78 is 6.19. The number of nitrogens with one attached hydrogen (secondary N) is 2. The van der Waals surface area contributed by atoms with Gasteiger partial charge in [0.25, 0.3) is 5.91 Å². The van der Waals surface area contributed by atoms with Crippen molar-refractivity contribution < 1.29 is 19.1 Å². The predicted octanol–water partition coefficient (Wildman–Crippen LogP) is 4.33. The first-order valence-corrected chi connectivity index (χ1v) is 15.6. The highest BCUT2D eigenvalue weighted by Gasteiger charge is 2.55. The minimum absolute atomic E-state index is 0.137. The molecule has 6 rings (SSSR count). The molecule has 0 aliphatic carbocycles. The third kappa shape index (κ3) is 5.50. The first-order chi connectivity index (χ1) is 20.0. The smallest absolute Gasteiger partial charge is 0.356 e. The average molecular weight is 604 g/mol. The van der Waals surface area contributed by atoms with Crippen LogP contribution in [0.4, 0.5) is 5.13 Å². The predicted molar refractivity (Wildman–Crippen MR) is 160 cm³/mol. The van der Waals surface area contributed by atoms with Gasteiger partial charge in [0.05, 0.1) is 6.42 Å². The van der Waals surface area contributed by atoms with Crippen molar-refractivity contribution in [1.82, 2.24) is 20.4 Å². The lowest BCUT2D eigenvalue weighted by Crippen LogP contribution is -2.70. The number of benzene rings is 2. The summed E-state index contributed by atoms with van der Waals surface area (Å²) in [6.07, 6.45) is -0.492. The van der Waals surface area contributed by atoms with Crippen LogP contribution in [0.15, 0.2) is 83.9 Å². The lowest BCUT2D eigenvalue weighted by Gasteiger charge is -2.49. The van der Waals surface area contributed by atoms with Gasteiger partial charge in [0.1, 0.15) is 22.1 Å². The lowest BCUT2D eigenvalue weighted by molar-refractivity contribution is -0.154. The van der Waals surface area contributed by atoms with E-state index < -0.39 is 23.5 Å². The quantitative estimate of drug-likeness (QED) is 0.215. The van der Waals surface area contributed by atoms with Crippen LogP contribution in [0.3, 0.4) is 0 Å². The highest BCUT2D eigenvalue weighted by molar-refractivity contribution is 8.00. The summed E-state index contributed by atoms with van der Waals surface area (Å²) in [5.74, 6) is -0.835. The summed E-state index contributed by atoms with van der Waals surface area (Å²) in [6, 6.07) is 22.0. The van der Waals surface area contributed by atoms with E-state index >= 15 is 0 Å². The Morgan fingerprint density at radius 3 is 2.34 bits per heavy atom. The number of esters is 1. The molecule has 41 heavy (non-hydrogen) atoms. The number of rotatable bonds is 9. The number of β-lactam (4-membered cyclic amide) rings is 1. The zero-order valence-electron chi connectivity index (χ0n) is 21.9. The Bertz CT molecular complexity index is 1550. The number of thiophene rings is 1. The lowest BCUT2D eigenvalue weighted by atomic mass is 10.0. The fraction of sp³-hybridized carbons (Fsp3) is 0.207. The zero-order chi connectivity index (χ0) is 28.3. The fourth-order valence-electron chi connectivity index (χ4n) is 4.76. The molecule has 2 atom stereocenters. The monoisotopic (exact) mass is 603 g/mol. The van der Waals surface area contributed by atoms with Crippen LogP contribution in [-0.4, -0.2) is 57.1 Å². The maximum absolute atomic E-state index is 14.1. The number of ether oxygens (including phenoxy) is 1. The van der Waals surface area contributed by atoms with E-state index in [0.29, 0.717) is 21.5 Å². The summed E-state index contributed by atoms with van der Waals surface area (Å²) >= 11 is 4.26. The molecule has 2 aromatic carbocycles. The summed E-state index contributed by atoms with van der Waals surface area (Å²) in [6.45, 7) is 0. The van der Waals surface area contributed by atoms with Gasteiger partial charge in [-0.15, -0.1) is 33.3 Å². The molecule has 2 unspecified atom stereocenters. The van der Waals surface area contributed by atoms with Gasteiger partial charge in [-0.05, 0) is 22.6 Å². The highest BCUT2D eigenvalue weighted by Crippen LogP contribution is 2.45. The number of hydrogen-bond donors (Lipinski definition) is 2. The molecule has 0 bridgehead atoms. The number of nitrogens with zero attached hydrogens (tertiary/aromatic N) is 3. The molecule has 4 aromatic rings. The molecule has 2 aliphatic rings. The number of amides is 2. The number of hydrogen-bond acceptors (Lipinski definition) is 10. The Morgan fingerprint density at radius 2 is 1.73 bits per heavy atom. The molecule has 2 aromatic heterocycles. The summed E-state index contributed by atoms with van der Waals surface area (Å²) in [5, 5.41) is 16.8. The summed E-state index contributed by atoms with van der Waals surface area (Å²) in [5.41, 5.74) is 2.32. The molecule has 2 N–H and O–H groups in total. The molecule has 1 saturated heterocycles. The van der Waals surface area contributed by atoms with Crippen LogP contribution >= 0.6 is 34.4 Å². The van der Waals surface area contributed by atoms with Crippen LogP contribution in [0.2, 0.25) is 0 Å². The second-order valence-corrected chi connectivity index (χ2v) is 12.4. The number of aromatic nitrogens is 2. The maximum Gasteiger partial charge on any atom is 0.356 e. The molecule has 9 nitrogen and oxygen atoms in total. The van der Waals surface area contributed by atoms with E-state index in [1.54, 1.807) is 7.05 Å². The Morgan fingerprint density at radius 1 is 1.02 bits per heavy atom. The highest BCUT2D eigenvalue weighted by atomic mass is 32.2. The maximum atomic E-state index is 14.1. The molecule has 2 amide bonds. The molecule has 0 spiro atoms. The molecule has 1 fully saturated rings. The molecule has 0 saturated carbocycles.